The fourth-order valence-electron chi connectivity index (χ4n) is 3.37. The molecule has 7 nitrogen and oxygen atoms in total. The largest absolute Gasteiger partial charge is 0.490 e. The summed E-state index contributed by atoms with van der Waals surface area (Å²) in [6.07, 6.45) is 0.859. The number of aryl methyl sites for hydroxylation is 1. The monoisotopic (exact) mass is 438 g/mol. The van der Waals surface area contributed by atoms with Gasteiger partial charge >= 0.3 is 0 Å². The predicted molar refractivity (Wildman–Crippen MR) is 122 cm³/mol. The summed E-state index contributed by atoms with van der Waals surface area (Å²) >= 11 is 1.38. The zero-order chi connectivity index (χ0) is 21.8. The van der Waals surface area contributed by atoms with E-state index in [9.17, 15) is 4.79 Å². The molecule has 0 unspecified atom stereocenters. The van der Waals surface area contributed by atoms with Crippen molar-refractivity contribution in [3.8, 4) is 22.9 Å². The highest BCUT2D eigenvalue weighted by Gasteiger charge is 2.20. The van der Waals surface area contributed by atoms with E-state index in [-0.39, 0.29) is 17.7 Å². The number of rotatable bonds is 6. The van der Waals surface area contributed by atoms with Crippen LogP contribution in [0.25, 0.3) is 11.4 Å². The van der Waals surface area contributed by atoms with Gasteiger partial charge in [0.15, 0.2) is 22.5 Å². The third-order valence-electron chi connectivity index (χ3n) is 4.94. The van der Waals surface area contributed by atoms with Gasteiger partial charge in [-0.25, -0.2) is 0 Å². The van der Waals surface area contributed by atoms with Crippen LogP contribution in [0.5, 0.6) is 11.5 Å². The highest BCUT2D eigenvalue weighted by atomic mass is 32.2. The number of benzene rings is 2. The number of nitrogens with zero attached hydrogens (tertiary/aromatic N) is 3. The molecule has 0 saturated carbocycles. The van der Waals surface area contributed by atoms with E-state index in [2.05, 4.69) is 29.4 Å². The quantitative estimate of drug-likeness (QED) is 0.561. The maximum absolute atomic E-state index is 12.5. The van der Waals surface area contributed by atoms with E-state index < -0.39 is 0 Å². The first-order valence-electron chi connectivity index (χ1n) is 10.4. The van der Waals surface area contributed by atoms with E-state index in [1.165, 1.54) is 11.8 Å². The Bertz CT molecular complexity index is 1080. The van der Waals surface area contributed by atoms with Gasteiger partial charge in [-0.1, -0.05) is 30.0 Å². The van der Waals surface area contributed by atoms with Crippen LogP contribution in [0.15, 0.2) is 47.6 Å². The summed E-state index contributed by atoms with van der Waals surface area (Å²) in [6.45, 7) is 7.41. The van der Waals surface area contributed by atoms with Crippen LogP contribution in [0.3, 0.4) is 0 Å². The van der Waals surface area contributed by atoms with Crippen LogP contribution < -0.4 is 14.8 Å². The fraction of sp³-hybridized carbons (Fsp3) is 0.348. The van der Waals surface area contributed by atoms with Crippen LogP contribution in [-0.4, -0.2) is 39.6 Å². The second kappa shape index (κ2) is 9.43. The lowest BCUT2D eigenvalue weighted by Crippen LogP contribution is -2.15. The molecule has 0 saturated heterocycles. The fourth-order valence-corrected chi connectivity index (χ4v) is 4.24. The Labute approximate surface area is 186 Å². The van der Waals surface area contributed by atoms with Crippen molar-refractivity contribution in [1.82, 2.24) is 14.8 Å². The number of anilines is 1. The highest BCUT2D eigenvalue weighted by molar-refractivity contribution is 7.99. The summed E-state index contributed by atoms with van der Waals surface area (Å²) in [4.78, 5) is 12.5. The van der Waals surface area contributed by atoms with Crippen molar-refractivity contribution in [2.45, 2.75) is 38.4 Å². The molecule has 0 radical (unpaired) electrons. The molecule has 1 aliphatic heterocycles. The number of para-hydroxylation sites is 1. The van der Waals surface area contributed by atoms with Gasteiger partial charge < -0.3 is 14.8 Å². The molecule has 0 aliphatic carbocycles. The number of fused-ring (bicyclic) bond motifs is 1. The minimum absolute atomic E-state index is 0.0743. The van der Waals surface area contributed by atoms with Crippen molar-refractivity contribution in [3.05, 3.63) is 48.0 Å². The van der Waals surface area contributed by atoms with Gasteiger partial charge in [-0.15, -0.1) is 10.2 Å². The smallest absolute Gasteiger partial charge is 0.234 e. The van der Waals surface area contributed by atoms with E-state index in [0.717, 1.165) is 40.6 Å². The zero-order valence-corrected chi connectivity index (χ0v) is 18.7. The normalized spacial score (nSPS) is 13.2. The third-order valence-corrected chi connectivity index (χ3v) is 5.88. The summed E-state index contributed by atoms with van der Waals surface area (Å²) in [5.74, 6) is 2.39. The van der Waals surface area contributed by atoms with Crippen LogP contribution in [0.2, 0.25) is 0 Å². The minimum atomic E-state index is -0.0743. The maximum atomic E-state index is 12.5. The van der Waals surface area contributed by atoms with E-state index in [0.29, 0.717) is 18.4 Å². The van der Waals surface area contributed by atoms with Crippen molar-refractivity contribution in [3.63, 3.8) is 0 Å². The van der Waals surface area contributed by atoms with Gasteiger partial charge in [0.05, 0.1) is 19.0 Å². The highest BCUT2D eigenvalue weighted by Crippen LogP contribution is 2.35. The number of aromatic nitrogens is 3. The van der Waals surface area contributed by atoms with Crippen LogP contribution >= 0.6 is 11.8 Å². The molecular weight excluding hydrogens is 412 g/mol. The number of amides is 1. The Morgan fingerprint density at radius 1 is 1.13 bits per heavy atom. The molecule has 3 aromatic rings. The summed E-state index contributed by atoms with van der Waals surface area (Å²) < 4.78 is 13.6. The number of thioether (sulfide) groups is 1. The molecule has 8 heteroatoms. The van der Waals surface area contributed by atoms with Crippen LogP contribution in [0, 0.1) is 6.92 Å². The molecule has 1 aromatic heterocycles. The molecule has 1 N–H and O–H groups in total. The lowest BCUT2D eigenvalue weighted by molar-refractivity contribution is -0.113. The lowest BCUT2D eigenvalue weighted by Gasteiger charge is -2.15. The van der Waals surface area contributed by atoms with E-state index in [1.54, 1.807) is 0 Å². The zero-order valence-electron chi connectivity index (χ0n) is 17.9. The van der Waals surface area contributed by atoms with Crippen molar-refractivity contribution >= 4 is 23.4 Å². The average molecular weight is 439 g/mol. The number of hydrogen-bond acceptors (Lipinski definition) is 6. The van der Waals surface area contributed by atoms with E-state index in [1.807, 2.05) is 54.0 Å². The van der Waals surface area contributed by atoms with Gasteiger partial charge in [-0.05, 0) is 50.6 Å². The Balaban J connectivity index is 1.52. The van der Waals surface area contributed by atoms with Crippen LogP contribution in [0.1, 0.15) is 31.9 Å². The first kappa shape index (κ1) is 21.2. The standard InChI is InChI=1S/C23H26N4O3S/c1-15(2)27-22(17-9-10-19-20(13-17)30-12-6-11-29-19)25-26-23(27)31-14-21(28)24-18-8-5-4-7-16(18)3/h4-5,7-10,13,15H,6,11-12,14H2,1-3H3,(H,24,28). The van der Waals surface area contributed by atoms with Gasteiger partial charge in [0.25, 0.3) is 0 Å². The van der Waals surface area contributed by atoms with Gasteiger partial charge in [0.2, 0.25) is 5.91 Å². The van der Waals surface area contributed by atoms with E-state index in [4.69, 9.17) is 9.47 Å². The Morgan fingerprint density at radius 2 is 1.90 bits per heavy atom. The van der Waals surface area contributed by atoms with Gasteiger partial charge in [0.1, 0.15) is 0 Å². The first-order valence-corrected chi connectivity index (χ1v) is 11.3. The topological polar surface area (TPSA) is 78.3 Å². The SMILES string of the molecule is Cc1ccccc1NC(=O)CSc1nnc(-c2ccc3c(c2)OCCCO3)n1C(C)C. The molecule has 31 heavy (non-hydrogen) atoms. The summed E-state index contributed by atoms with van der Waals surface area (Å²) in [7, 11) is 0. The third kappa shape index (κ3) is 4.85. The van der Waals surface area contributed by atoms with Crippen LogP contribution in [0.4, 0.5) is 5.69 Å². The lowest BCUT2D eigenvalue weighted by atomic mass is 10.2. The molecular formula is C23H26N4O3S. The summed E-state index contributed by atoms with van der Waals surface area (Å²) in [5.41, 5.74) is 2.76. The van der Waals surface area contributed by atoms with Gasteiger partial charge in [-0.3, -0.25) is 9.36 Å². The summed E-state index contributed by atoms with van der Waals surface area (Å²) in [5, 5.41) is 12.5. The number of carbonyl (C=O) groups excluding carboxylic acids is 1. The summed E-state index contributed by atoms with van der Waals surface area (Å²) in [6, 6.07) is 13.7. The van der Waals surface area contributed by atoms with Crippen molar-refractivity contribution in [2.24, 2.45) is 0 Å². The van der Waals surface area contributed by atoms with Gasteiger partial charge in [0, 0.05) is 23.7 Å². The Morgan fingerprint density at radius 3 is 2.68 bits per heavy atom. The number of carbonyl (C=O) groups is 1. The molecule has 0 spiro atoms. The second-order valence-corrected chi connectivity index (χ2v) is 8.58. The van der Waals surface area contributed by atoms with E-state index >= 15 is 0 Å². The first-order chi connectivity index (χ1) is 15.0. The minimum Gasteiger partial charge on any atom is -0.490 e. The number of ether oxygens (including phenoxy) is 2. The average Bonchev–Trinajstić information content (AvgIpc) is 3.04. The van der Waals surface area contributed by atoms with Gasteiger partial charge in [-0.2, -0.15) is 0 Å². The molecule has 0 atom stereocenters. The molecule has 0 fully saturated rings. The molecule has 1 aliphatic rings. The molecule has 2 aromatic carbocycles. The van der Waals surface area contributed by atoms with Crippen molar-refractivity contribution < 1.29 is 14.3 Å². The number of nitrogens with one attached hydrogen (secondary N) is 1. The maximum Gasteiger partial charge on any atom is 0.234 e. The Kier molecular flexibility index (Phi) is 6.46. The molecule has 0 bridgehead atoms. The number of hydrogen-bond donors (Lipinski definition) is 1. The van der Waals surface area contributed by atoms with Crippen molar-refractivity contribution in [1.29, 1.82) is 0 Å². The molecule has 4 rings (SSSR count). The van der Waals surface area contributed by atoms with Crippen LogP contribution in [-0.2, 0) is 4.79 Å². The van der Waals surface area contributed by atoms with Crippen molar-refractivity contribution in [2.75, 3.05) is 24.3 Å². The molecule has 2 heterocycles. The second-order valence-electron chi connectivity index (χ2n) is 7.63. The molecule has 162 valence electrons. The predicted octanol–water partition coefficient (Wildman–Crippen LogP) is 4.73. The molecule has 1 amide bonds. The Hall–Kier alpha value is -3.00.